The lowest BCUT2D eigenvalue weighted by atomic mass is 10.0. The van der Waals surface area contributed by atoms with E-state index in [9.17, 15) is 57.5 Å². The van der Waals surface area contributed by atoms with Crippen molar-refractivity contribution >= 4 is 93.6 Å². The van der Waals surface area contributed by atoms with Crippen molar-refractivity contribution in [2.75, 3.05) is 126 Å². The smallest absolute Gasteiger partial charge is 0.255 e. The molecule has 0 spiro atoms. The molecular formula is C100H112N16O16. The van der Waals surface area contributed by atoms with Gasteiger partial charge >= 0.3 is 0 Å². The summed E-state index contributed by atoms with van der Waals surface area (Å²) in [7, 11) is 0. The molecule has 12 aliphatic rings. The monoisotopic (exact) mass is 1820 g/mol. The van der Waals surface area contributed by atoms with E-state index in [4.69, 9.17) is 54.6 Å². The van der Waals surface area contributed by atoms with Crippen molar-refractivity contribution in [2.45, 2.75) is 154 Å². The molecule has 8 saturated heterocycles. The number of carbonyl (C=O) groups excluding carboxylic acids is 12. The Morgan fingerprint density at radius 2 is 0.591 bits per heavy atom. The van der Waals surface area contributed by atoms with Gasteiger partial charge in [-0.05, 0) is 119 Å². The number of rotatable bonds is 24. The van der Waals surface area contributed by atoms with Gasteiger partial charge in [-0.25, -0.2) is 0 Å². The summed E-state index contributed by atoms with van der Waals surface area (Å²) in [5.41, 5.74) is 8.48. The first-order chi connectivity index (χ1) is 74.8. The number of amides is 12. The van der Waals surface area contributed by atoms with Gasteiger partial charge in [0.15, 0.2) is 0 Å². The van der Waals surface area contributed by atoms with Crippen molar-refractivity contribution in [3.05, 3.63) is 258 Å². The maximum Gasteiger partial charge on any atom is 0.255 e. The van der Waals surface area contributed by atoms with Gasteiger partial charge in [-0.2, -0.15) is 0 Å². The molecule has 32 nitrogen and oxygen atoms in total. The van der Waals surface area contributed by atoms with E-state index in [2.05, 4.69) is 41.7 Å². The number of nitrogens with zero attached hydrogens (tertiary/aromatic N) is 8. The van der Waals surface area contributed by atoms with Crippen LogP contribution in [0.15, 0.2) is 169 Å². The lowest BCUT2D eigenvalue weighted by Gasteiger charge is -2.29. The molecule has 4 atom stereocenters. The van der Waals surface area contributed by atoms with Crippen LogP contribution in [0.4, 0.5) is 22.7 Å². The van der Waals surface area contributed by atoms with E-state index in [1.165, 1.54) is 28.0 Å². The Hall–Kier alpha value is -12.9. The quantitative estimate of drug-likeness (QED) is 0.0270. The Morgan fingerprint density at radius 3 is 0.939 bits per heavy atom. The van der Waals surface area contributed by atoms with Crippen LogP contribution in [0.1, 0.15) is 195 Å². The van der Waals surface area contributed by atoms with Crippen molar-refractivity contribution in [3.63, 3.8) is 0 Å². The van der Waals surface area contributed by atoms with Crippen LogP contribution in [0.25, 0.3) is 0 Å². The maximum atomic E-state index is 13.4. The van der Waals surface area contributed by atoms with Crippen LogP contribution in [0.5, 0.6) is 0 Å². The molecule has 0 saturated carbocycles. The highest BCUT2D eigenvalue weighted by molar-refractivity contribution is 6.09. The van der Waals surface area contributed by atoms with Gasteiger partial charge in [-0.1, -0.05) is 121 Å². The van der Waals surface area contributed by atoms with Crippen molar-refractivity contribution in [1.29, 1.82) is 0 Å². The zero-order valence-corrected chi connectivity index (χ0v) is 71.8. The highest BCUT2D eigenvalue weighted by Crippen LogP contribution is 2.39. The van der Waals surface area contributed by atoms with Crippen LogP contribution in [0.2, 0.25) is 0 Å². The van der Waals surface area contributed by atoms with Gasteiger partial charge in [-0.3, -0.25) is 98.4 Å². The first-order valence-corrected chi connectivity index (χ1v) is 43.4. The Labute approximate surface area is 802 Å². The van der Waals surface area contributed by atoms with E-state index in [0.717, 1.165) is 4.90 Å². The van der Waals surface area contributed by atoms with Crippen LogP contribution in [0.3, 0.4) is 0 Å². The van der Waals surface area contributed by atoms with Gasteiger partial charge < -0.3 is 59.8 Å². The third-order valence-corrected chi connectivity index (χ3v) is 24.2. The van der Waals surface area contributed by atoms with Crippen LogP contribution in [-0.4, -0.2) is 239 Å². The standard InChI is InChI=1S/4C25H28N4O4/c4*30-23-9-8-22(24(31)27-23)29-16-20-19(25(29)32)6-3-7-21(20)26-14-17-4-1-2-5-18(17)15-28-10-12-33-13-11-28/h4*1-7,22,26H,8-16H2,(H,27,30,31)/i1D,2D,4D,5D,8D2,9D2,22D;1D,2D,4D,5D,8D2,9D2;1D,2D,4D,5D,22D;1D,2D,4D,5D. The Morgan fingerprint density at radius 1 is 0.318 bits per heavy atom. The fraction of sp³-hybridized carbons (Fsp3) is 0.400. The number of anilines is 4. The van der Waals surface area contributed by atoms with Crippen molar-refractivity contribution in [2.24, 2.45) is 0 Å². The predicted molar refractivity (Wildman–Crippen MR) is 489 cm³/mol. The second kappa shape index (κ2) is 42.5. The van der Waals surface area contributed by atoms with E-state index in [-0.39, 0.29) is 197 Å². The summed E-state index contributed by atoms with van der Waals surface area (Å²) in [6, 6.07) is 8.30. The lowest BCUT2D eigenvalue weighted by Crippen LogP contribution is -2.52. The molecule has 0 aliphatic carbocycles. The largest absolute Gasteiger partial charge is 0.381 e. The topological polar surface area (TPSA) is 364 Å². The minimum atomic E-state index is -3.40. The first kappa shape index (κ1) is 64.0. The van der Waals surface area contributed by atoms with Crippen LogP contribution in [-0.2, 0) is 136 Å². The summed E-state index contributed by atoms with van der Waals surface area (Å²) in [5.74, 6) is -9.97. The number of benzene rings is 8. The molecule has 20 rings (SSSR count). The Bertz CT molecular complexity index is 7230. The van der Waals surface area contributed by atoms with Crippen molar-refractivity contribution in [1.82, 2.24) is 60.5 Å². The minimum Gasteiger partial charge on any atom is -0.381 e. The molecule has 12 amide bonds. The van der Waals surface area contributed by atoms with Crippen molar-refractivity contribution < 1.29 is 112 Å². The number of carbonyl (C=O) groups is 12. The van der Waals surface area contributed by atoms with Crippen LogP contribution >= 0.6 is 0 Å². The molecule has 0 bridgehead atoms. The number of morpholine rings is 4. The lowest BCUT2D eigenvalue weighted by molar-refractivity contribution is -0.138. The molecule has 8 N–H and O–H groups in total. The molecule has 8 aromatic carbocycles. The number of imide groups is 4. The summed E-state index contributed by atoms with van der Waals surface area (Å²) >= 11 is 0. The number of ether oxygens (including phenoxy) is 4. The summed E-state index contributed by atoms with van der Waals surface area (Å²) in [6.07, 6.45) is -12.4. The number of nitrogens with one attached hydrogen (secondary N) is 8. The molecule has 0 aromatic heterocycles. The zero-order valence-electron chi connectivity index (χ0n) is 97.8. The maximum absolute atomic E-state index is 13.4. The first-order valence-electron chi connectivity index (χ1n) is 56.4. The third kappa shape index (κ3) is 21.5. The number of piperidine rings is 4. The molecule has 4 unspecified atom stereocenters. The Balaban J connectivity index is 0.000000142. The SMILES string of the molecule is [2H]c1c([2H])c([2H])c(CN2CCOCC2)c(CNc2cccc3c2CN(C2([2H])C(=O)NC(=O)C([2H])([2H])C2([2H])[2H])C3=O)c1[2H].[2H]c1c([2H])c([2H])c(CN2CCOCC2)c(CNc2cccc3c2CN(C2([2H])CCC(=O)NC2=O)C3=O)c1[2H].[2H]c1c([2H])c([2H])c(CN2CCOCC2)c(CNc2cccc3c2CN(C2C(=O)NC(=O)C([2H])([2H])C2([2H])[2H])C3=O)c1[2H].[2H]c1c([2H])c([2H])c(CN2CCOCC2)c(CNc2cccc3c2CN(C2CCC(=O)NC2=O)C3=O)c1[2H]. The second-order valence-electron chi connectivity index (χ2n) is 32.4. The van der Waals surface area contributed by atoms with Gasteiger partial charge in [0.25, 0.3) is 23.6 Å². The molecule has 12 heterocycles. The molecule has 12 aliphatic heterocycles. The van der Waals surface area contributed by atoms with Crippen LogP contribution < -0.4 is 42.5 Å². The van der Waals surface area contributed by atoms with Gasteiger partial charge in [0.05, 0.1) is 77.5 Å². The highest BCUT2D eigenvalue weighted by atomic mass is 16.5. The normalized spacial score (nSPS) is 26.6. The second-order valence-corrected chi connectivity index (χ2v) is 32.4. The average Bonchev–Trinajstić information content (AvgIpc) is 1.40. The molecule has 32 heteroatoms. The van der Waals surface area contributed by atoms with Gasteiger partial charge in [-0.15, -0.1) is 0 Å². The molecule has 8 fully saturated rings. The van der Waals surface area contributed by atoms with Gasteiger partial charge in [0.2, 0.25) is 47.3 Å². The molecule has 132 heavy (non-hydrogen) atoms. The number of hydrogen-bond donors (Lipinski definition) is 8. The van der Waals surface area contributed by atoms with E-state index in [1.54, 1.807) is 53.8 Å². The molecule has 688 valence electrons. The predicted octanol–water partition coefficient (Wildman–Crippen LogP) is 7.57. The fourth-order valence-corrected chi connectivity index (χ4v) is 17.2. The van der Waals surface area contributed by atoms with E-state index in [1.807, 2.05) is 21.2 Å². The van der Waals surface area contributed by atoms with E-state index in [0.29, 0.717) is 225 Å². The average molecular weight is 1820 g/mol. The van der Waals surface area contributed by atoms with E-state index < -0.39 is 121 Å². The van der Waals surface area contributed by atoms with Gasteiger partial charge in [0, 0.05) is 235 Å². The summed E-state index contributed by atoms with van der Waals surface area (Å²) in [5, 5.41) is 20.8. The molecule has 0 radical (unpaired) electrons. The third-order valence-electron chi connectivity index (χ3n) is 24.2. The fourth-order valence-electron chi connectivity index (χ4n) is 17.2. The number of hydrogen-bond acceptors (Lipinski definition) is 24. The zero-order chi connectivity index (χ0) is 114. The summed E-state index contributed by atoms with van der Waals surface area (Å²) in [4.78, 5) is 163. The van der Waals surface area contributed by atoms with Crippen molar-refractivity contribution in [3.8, 4) is 0 Å². The minimum absolute atomic E-state index is 0.00410. The van der Waals surface area contributed by atoms with Gasteiger partial charge in [0.1, 0.15) is 24.1 Å². The Kier molecular flexibility index (Phi) is 20.6. The van der Waals surface area contributed by atoms with Crippen LogP contribution in [0, 0.1) is 0 Å². The van der Waals surface area contributed by atoms with E-state index >= 15 is 0 Å². The summed E-state index contributed by atoms with van der Waals surface area (Å²) < 4.78 is 237. The number of fused-ring (bicyclic) bond motifs is 4. The summed E-state index contributed by atoms with van der Waals surface area (Å²) in [6.45, 7) is 10.4. The highest BCUT2D eigenvalue weighted by Gasteiger charge is 2.45. The molecule has 8 aromatic rings. The molecular weight excluding hydrogens is 1680 g/mol.